The number of imidazole rings is 1. The topological polar surface area (TPSA) is 34.9 Å². The number of hydrogen-bond acceptors (Lipinski definition) is 2. The van der Waals surface area contributed by atoms with Gasteiger partial charge in [0.1, 0.15) is 5.78 Å². The normalized spacial score (nSPS) is 43.8. The van der Waals surface area contributed by atoms with Crippen molar-refractivity contribution in [2.45, 2.75) is 44.6 Å². The summed E-state index contributed by atoms with van der Waals surface area (Å²) >= 11 is 0. The van der Waals surface area contributed by atoms with Gasteiger partial charge in [-0.2, -0.15) is 0 Å². The fourth-order valence-electron chi connectivity index (χ4n) is 7.94. The first-order chi connectivity index (χ1) is 12.2. The van der Waals surface area contributed by atoms with Crippen molar-refractivity contribution in [3.8, 4) is 11.3 Å². The number of benzene rings is 1. The molecule has 0 N–H and O–H groups in total. The second-order valence-corrected chi connectivity index (χ2v) is 9.46. The van der Waals surface area contributed by atoms with E-state index in [1.165, 1.54) is 48.9 Å². The van der Waals surface area contributed by atoms with Crippen LogP contribution in [0.15, 0.2) is 36.8 Å². The fraction of sp³-hybridized carbons (Fsp3) is 0.545. The Kier molecular flexibility index (Phi) is 2.09. The van der Waals surface area contributed by atoms with Crippen LogP contribution in [-0.4, -0.2) is 15.3 Å². The Hall–Kier alpha value is -1.90. The van der Waals surface area contributed by atoms with Crippen LogP contribution in [0.3, 0.4) is 0 Å². The van der Waals surface area contributed by atoms with Crippen LogP contribution in [0.2, 0.25) is 0 Å². The zero-order chi connectivity index (χ0) is 16.4. The molecule has 4 fully saturated rings. The highest BCUT2D eigenvalue weighted by Gasteiger charge is 2.78. The van der Waals surface area contributed by atoms with Gasteiger partial charge in [0.25, 0.3) is 0 Å². The van der Waals surface area contributed by atoms with Crippen LogP contribution in [0.5, 0.6) is 0 Å². The van der Waals surface area contributed by atoms with E-state index in [4.69, 9.17) is 0 Å². The Labute approximate surface area is 147 Å². The highest BCUT2D eigenvalue weighted by molar-refractivity contribution is 5.88. The summed E-state index contributed by atoms with van der Waals surface area (Å²) in [5.41, 5.74) is 4.39. The second kappa shape index (κ2) is 3.92. The molecule has 1 aromatic heterocycles. The molecular weight excluding hydrogens is 308 g/mol. The van der Waals surface area contributed by atoms with Gasteiger partial charge in [0, 0.05) is 17.4 Å². The van der Waals surface area contributed by atoms with Crippen LogP contribution in [0.25, 0.3) is 11.3 Å². The second-order valence-electron chi connectivity index (χ2n) is 9.46. The third kappa shape index (κ3) is 1.29. The molecule has 2 heterocycles. The minimum absolute atomic E-state index is 0.0266. The summed E-state index contributed by atoms with van der Waals surface area (Å²) in [7, 11) is 0. The predicted molar refractivity (Wildman–Crippen MR) is 93.8 cm³/mol. The van der Waals surface area contributed by atoms with Crippen LogP contribution in [0.1, 0.15) is 50.1 Å². The van der Waals surface area contributed by atoms with Crippen LogP contribution in [0.4, 0.5) is 0 Å². The molecule has 5 aliphatic rings. The molecule has 126 valence electrons. The van der Waals surface area contributed by atoms with Crippen LogP contribution in [-0.2, 0) is 4.79 Å². The van der Waals surface area contributed by atoms with Gasteiger partial charge in [0.05, 0.1) is 24.3 Å². The highest BCUT2D eigenvalue weighted by atomic mass is 16.1. The maximum atomic E-state index is 13.6. The quantitative estimate of drug-likeness (QED) is 0.844. The minimum Gasteiger partial charge on any atom is -0.323 e. The smallest absolute Gasteiger partial charge is 0.141 e. The summed E-state index contributed by atoms with van der Waals surface area (Å²) in [5, 5.41) is 0. The third-order valence-electron chi connectivity index (χ3n) is 8.90. The van der Waals surface area contributed by atoms with Crippen molar-refractivity contribution in [1.82, 2.24) is 9.55 Å². The molecule has 3 unspecified atom stereocenters. The Morgan fingerprint density at radius 3 is 2.72 bits per heavy atom. The van der Waals surface area contributed by atoms with Gasteiger partial charge in [-0.1, -0.05) is 24.3 Å². The Morgan fingerprint density at radius 1 is 1.16 bits per heavy atom. The molecule has 7 rings (SSSR count). The van der Waals surface area contributed by atoms with Crippen molar-refractivity contribution >= 4 is 5.78 Å². The average molecular weight is 330 g/mol. The molecule has 4 saturated carbocycles. The van der Waals surface area contributed by atoms with E-state index in [0.717, 1.165) is 17.8 Å². The molecular formula is C22H22N2O. The van der Waals surface area contributed by atoms with Crippen molar-refractivity contribution in [3.63, 3.8) is 0 Å². The van der Waals surface area contributed by atoms with Gasteiger partial charge in [-0.15, -0.1) is 0 Å². The maximum Gasteiger partial charge on any atom is 0.141 e. The standard InChI is InChI=1S/C22H22N2O/c25-20(21-8-14-5-13-6-15(9-21)22(13,14)11-21)7-18-16-3-1-2-4-17(16)19-10-23-12-24(18)19/h1-4,10,12-15,18H,5-9,11H2. The Bertz CT molecular complexity index is 925. The lowest BCUT2D eigenvalue weighted by Crippen LogP contribution is -2.59. The van der Waals surface area contributed by atoms with E-state index < -0.39 is 0 Å². The van der Waals surface area contributed by atoms with Gasteiger partial charge < -0.3 is 4.57 Å². The SMILES string of the molecule is O=C(CC1c2ccccc2-c2cncn21)C12CC3CC4CC(C1)C43C2. The minimum atomic E-state index is 0.0266. The van der Waals surface area contributed by atoms with Crippen LogP contribution in [0, 0.1) is 28.6 Å². The van der Waals surface area contributed by atoms with E-state index in [0.29, 0.717) is 17.6 Å². The number of hydrogen-bond donors (Lipinski definition) is 0. The number of rotatable bonds is 3. The van der Waals surface area contributed by atoms with Gasteiger partial charge in [-0.05, 0) is 60.8 Å². The van der Waals surface area contributed by atoms with Crippen molar-refractivity contribution in [2.24, 2.45) is 28.6 Å². The number of fused-ring (bicyclic) bond motifs is 4. The molecule has 2 aromatic rings. The van der Waals surface area contributed by atoms with Crippen molar-refractivity contribution in [3.05, 3.63) is 42.4 Å². The molecule has 25 heavy (non-hydrogen) atoms. The number of nitrogens with zero attached hydrogens (tertiary/aromatic N) is 2. The number of carbonyl (C=O) groups is 1. The van der Waals surface area contributed by atoms with E-state index in [1.807, 2.05) is 12.5 Å². The summed E-state index contributed by atoms with van der Waals surface area (Å²) in [5.74, 6) is 3.29. The average Bonchev–Trinajstić information content (AvgIpc) is 3.31. The third-order valence-corrected chi connectivity index (χ3v) is 8.90. The van der Waals surface area contributed by atoms with E-state index in [9.17, 15) is 4.79 Å². The zero-order valence-electron chi connectivity index (χ0n) is 14.3. The first kappa shape index (κ1) is 13.3. The molecule has 3 nitrogen and oxygen atoms in total. The molecule has 1 aromatic carbocycles. The largest absolute Gasteiger partial charge is 0.323 e. The van der Waals surface area contributed by atoms with Gasteiger partial charge in [0.2, 0.25) is 0 Å². The molecule has 1 spiro atoms. The highest BCUT2D eigenvalue weighted by Crippen LogP contribution is 2.84. The van der Waals surface area contributed by atoms with E-state index in [-0.39, 0.29) is 11.5 Å². The number of ketones is 1. The monoisotopic (exact) mass is 330 g/mol. The number of aromatic nitrogens is 2. The number of Topliss-reactive ketones (excluding diaryl/α,β-unsaturated/α-hetero) is 1. The van der Waals surface area contributed by atoms with E-state index in [2.05, 4.69) is 33.8 Å². The van der Waals surface area contributed by atoms with Crippen molar-refractivity contribution < 1.29 is 4.79 Å². The first-order valence-corrected chi connectivity index (χ1v) is 9.86. The van der Waals surface area contributed by atoms with Crippen LogP contribution < -0.4 is 0 Å². The van der Waals surface area contributed by atoms with Gasteiger partial charge >= 0.3 is 0 Å². The van der Waals surface area contributed by atoms with Gasteiger partial charge in [-0.3, -0.25) is 4.79 Å². The van der Waals surface area contributed by atoms with E-state index >= 15 is 0 Å². The lowest BCUT2D eigenvalue weighted by molar-refractivity contribution is -0.177. The zero-order valence-corrected chi connectivity index (χ0v) is 14.3. The molecule has 1 aliphatic heterocycles. The lowest BCUT2D eigenvalue weighted by Gasteiger charge is -2.66. The number of carbonyl (C=O) groups excluding carboxylic acids is 1. The summed E-state index contributed by atoms with van der Waals surface area (Å²) in [4.78, 5) is 17.9. The first-order valence-electron chi connectivity index (χ1n) is 9.86. The maximum absolute atomic E-state index is 13.6. The predicted octanol–water partition coefficient (Wildman–Crippen LogP) is 4.24. The summed E-state index contributed by atoms with van der Waals surface area (Å²) in [6, 6.07) is 8.70. The van der Waals surface area contributed by atoms with E-state index in [1.54, 1.807) is 0 Å². The summed E-state index contributed by atoms with van der Waals surface area (Å²) in [6.07, 6.45) is 11.0. The Balaban J connectivity index is 1.25. The summed E-state index contributed by atoms with van der Waals surface area (Å²) in [6.45, 7) is 0. The van der Waals surface area contributed by atoms with Gasteiger partial charge in [0.15, 0.2) is 0 Å². The molecule has 0 amide bonds. The Morgan fingerprint density at radius 2 is 1.96 bits per heavy atom. The van der Waals surface area contributed by atoms with Crippen molar-refractivity contribution in [1.29, 1.82) is 0 Å². The molecule has 4 aliphatic carbocycles. The fourth-order valence-corrected chi connectivity index (χ4v) is 7.94. The molecule has 2 bridgehead atoms. The molecule has 0 radical (unpaired) electrons. The van der Waals surface area contributed by atoms with Crippen molar-refractivity contribution in [2.75, 3.05) is 0 Å². The molecule has 3 atom stereocenters. The molecule has 3 heteroatoms. The lowest BCUT2D eigenvalue weighted by atomic mass is 9.38. The summed E-state index contributed by atoms with van der Waals surface area (Å²) < 4.78 is 2.23. The van der Waals surface area contributed by atoms with Gasteiger partial charge in [-0.25, -0.2) is 4.98 Å². The molecule has 0 saturated heterocycles. The van der Waals surface area contributed by atoms with Crippen LogP contribution >= 0.6 is 0 Å².